The summed E-state index contributed by atoms with van der Waals surface area (Å²) < 4.78 is 10.5. The summed E-state index contributed by atoms with van der Waals surface area (Å²) in [6.45, 7) is 8.81. The molecule has 31 heavy (non-hydrogen) atoms. The molecule has 0 aliphatic carbocycles. The fourth-order valence-electron chi connectivity index (χ4n) is 3.48. The molecule has 1 aromatic rings. The molecule has 0 spiro atoms. The van der Waals surface area contributed by atoms with Crippen LogP contribution in [0.2, 0.25) is 0 Å². The Labute approximate surface area is 188 Å². The van der Waals surface area contributed by atoms with Crippen molar-refractivity contribution in [2.45, 2.75) is 40.2 Å². The third kappa shape index (κ3) is 5.49. The summed E-state index contributed by atoms with van der Waals surface area (Å²) in [6.07, 6.45) is 1.01. The Kier molecular flexibility index (Phi) is 7.43. The van der Waals surface area contributed by atoms with Gasteiger partial charge in [0.05, 0.1) is 23.9 Å². The summed E-state index contributed by atoms with van der Waals surface area (Å²) in [4.78, 5) is 32.4. The van der Waals surface area contributed by atoms with Gasteiger partial charge in [-0.1, -0.05) is 44.7 Å². The Morgan fingerprint density at radius 2 is 2.06 bits per heavy atom. The predicted octanol–water partition coefficient (Wildman–Crippen LogP) is 3.98. The van der Waals surface area contributed by atoms with E-state index in [9.17, 15) is 9.59 Å². The minimum atomic E-state index is -0.503. The van der Waals surface area contributed by atoms with Gasteiger partial charge in [-0.25, -0.2) is 9.79 Å². The van der Waals surface area contributed by atoms with E-state index >= 15 is 0 Å². The fourth-order valence-corrected chi connectivity index (χ4v) is 4.50. The number of carbonyl (C=O) groups excluding carboxylic acids is 2. The maximum Gasteiger partial charge on any atom is 0.338 e. The lowest BCUT2D eigenvalue weighted by molar-refractivity contribution is -0.141. The SMILES string of the molecule is COCCOC(=O)C1=C(C)N=C2SCCCN2C1c1cccc(NC(=O)C(C)(C)C)c1. The Balaban J connectivity index is 1.97. The zero-order chi connectivity index (χ0) is 22.6. The van der Waals surface area contributed by atoms with Gasteiger partial charge >= 0.3 is 5.97 Å². The van der Waals surface area contributed by atoms with Gasteiger partial charge in [0.1, 0.15) is 6.61 Å². The fraction of sp³-hybridized carbons (Fsp3) is 0.522. The van der Waals surface area contributed by atoms with Gasteiger partial charge < -0.3 is 19.7 Å². The summed E-state index contributed by atoms with van der Waals surface area (Å²) in [5.41, 5.74) is 2.31. The highest BCUT2D eigenvalue weighted by Crippen LogP contribution is 2.40. The normalized spacial score (nSPS) is 18.9. The molecule has 0 radical (unpaired) electrons. The van der Waals surface area contributed by atoms with Crippen LogP contribution in [0.5, 0.6) is 0 Å². The summed E-state index contributed by atoms with van der Waals surface area (Å²) in [5.74, 6) is 0.557. The van der Waals surface area contributed by atoms with Gasteiger partial charge in [0.15, 0.2) is 5.17 Å². The molecule has 0 aromatic heterocycles. The first kappa shape index (κ1) is 23.3. The van der Waals surface area contributed by atoms with Crippen molar-refractivity contribution in [2.24, 2.45) is 10.4 Å². The molecule has 1 fully saturated rings. The smallest absolute Gasteiger partial charge is 0.338 e. The second kappa shape index (κ2) is 9.87. The number of hydrogen-bond acceptors (Lipinski definition) is 7. The minimum absolute atomic E-state index is 0.0602. The van der Waals surface area contributed by atoms with Crippen molar-refractivity contribution in [1.29, 1.82) is 0 Å². The highest BCUT2D eigenvalue weighted by atomic mass is 32.2. The van der Waals surface area contributed by atoms with Crippen molar-refractivity contribution in [3.63, 3.8) is 0 Å². The largest absolute Gasteiger partial charge is 0.460 e. The molecule has 8 heteroatoms. The first-order chi connectivity index (χ1) is 14.7. The number of ether oxygens (including phenoxy) is 2. The lowest BCUT2D eigenvalue weighted by Gasteiger charge is -2.40. The van der Waals surface area contributed by atoms with E-state index in [1.54, 1.807) is 18.9 Å². The van der Waals surface area contributed by atoms with Gasteiger partial charge in [-0.3, -0.25) is 4.79 Å². The Bertz CT molecular complexity index is 904. The number of allylic oxidation sites excluding steroid dienone is 1. The number of methoxy groups -OCH3 is 1. The van der Waals surface area contributed by atoms with Crippen molar-refractivity contribution in [1.82, 2.24) is 4.90 Å². The van der Waals surface area contributed by atoms with E-state index in [0.717, 1.165) is 29.4 Å². The zero-order valence-corrected chi connectivity index (χ0v) is 19.7. The average Bonchev–Trinajstić information content (AvgIpc) is 2.72. The number of amidine groups is 1. The number of thioether (sulfide) groups is 1. The molecule has 2 heterocycles. The van der Waals surface area contributed by atoms with Gasteiger partial charge in [-0.15, -0.1) is 0 Å². The lowest BCUT2D eigenvalue weighted by atomic mass is 9.93. The Morgan fingerprint density at radius 1 is 1.29 bits per heavy atom. The van der Waals surface area contributed by atoms with Crippen LogP contribution in [0, 0.1) is 5.41 Å². The van der Waals surface area contributed by atoms with E-state index < -0.39 is 5.41 Å². The summed E-state index contributed by atoms with van der Waals surface area (Å²) in [6, 6.07) is 7.37. The number of carbonyl (C=O) groups is 2. The van der Waals surface area contributed by atoms with Crippen LogP contribution in [0.1, 0.15) is 45.7 Å². The van der Waals surface area contributed by atoms with Gasteiger partial charge in [0.25, 0.3) is 0 Å². The van der Waals surface area contributed by atoms with Crippen LogP contribution in [-0.2, 0) is 19.1 Å². The molecule has 0 bridgehead atoms. The van der Waals surface area contributed by atoms with Crippen LogP contribution < -0.4 is 5.32 Å². The molecule has 1 unspecified atom stereocenters. The topological polar surface area (TPSA) is 80.2 Å². The second-order valence-electron chi connectivity index (χ2n) is 8.65. The van der Waals surface area contributed by atoms with E-state index in [0.29, 0.717) is 23.6 Å². The molecule has 0 saturated carbocycles. The molecule has 1 saturated heterocycles. The first-order valence-corrected chi connectivity index (χ1v) is 11.5. The number of fused-ring (bicyclic) bond motifs is 1. The molecule has 1 atom stereocenters. The maximum atomic E-state index is 13.0. The Morgan fingerprint density at radius 3 is 2.77 bits per heavy atom. The highest BCUT2D eigenvalue weighted by Gasteiger charge is 2.38. The van der Waals surface area contributed by atoms with Crippen molar-refractivity contribution in [3.05, 3.63) is 41.1 Å². The molecular weight excluding hydrogens is 414 g/mol. The summed E-state index contributed by atoms with van der Waals surface area (Å²) >= 11 is 1.70. The predicted molar refractivity (Wildman–Crippen MR) is 124 cm³/mol. The molecule has 3 rings (SSSR count). The summed E-state index contributed by atoms with van der Waals surface area (Å²) in [5, 5.41) is 3.91. The zero-order valence-electron chi connectivity index (χ0n) is 18.9. The van der Waals surface area contributed by atoms with Crippen molar-refractivity contribution in [2.75, 3.05) is 37.9 Å². The van der Waals surface area contributed by atoms with Crippen molar-refractivity contribution < 1.29 is 19.1 Å². The number of nitrogens with zero attached hydrogens (tertiary/aromatic N) is 2. The number of anilines is 1. The number of hydrogen-bond donors (Lipinski definition) is 1. The molecule has 7 nitrogen and oxygen atoms in total. The van der Waals surface area contributed by atoms with Crippen LogP contribution in [0.15, 0.2) is 40.5 Å². The third-order valence-corrected chi connectivity index (χ3v) is 6.22. The van der Waals surface area contributed by atoms with Crippen LogP contribution in [-0.4, -0.2) is 54.6 Å². The standard InChI is InChI=1S/C23H31N3O4S/c1-15-18(20(27)30-12-11-29-5)19(26-10-7-13-31-22(26)24-15)16-8-6-9-17(14-16)25-21(28)23(2,3)4/h6,8-9,14,19H,7,10-13H2,1-5H3,(H,25,28). The number of esters is 1. The van der Waals surface area contributed by atoms with E-state index in [1.807, 2.05) is 52.0 Å². The van der Waals surface area contributed by atoms with Crippen LogP contribution in [0.4, 0.5) is 5.69 Å². The second-order valence-corrected chi connectivity index (χ2v) is 9.71. The molecule has 1 N–H and O–H groups in total. The Hall–Kier alpha value is -2.32. The van der Waals surface area contributed by atoms with Crippen molar-refractivity contribution >= 4 is 34.5 Å². The average molecular weight is 446 g/mol. The van der Waals surface area contributed by atoms with Gasteiger partial charge in [-0.2, -0.15) is 0 Å². The first-order valence-electron chi connectivity index (χ1n) is 10.5. The van der Waals surface area contributed by atoms with Crippen LogP contribution >= 0.6 is 11.8 Å². The van der Waals surface area contributed by atoms with Crippen LogP contribution in [0.3, 0.4) is 0 Å². The maximum absolute atomic E-state index is 13.0. The van der Waals surface area contributed by atoms with E-state index in [4.69, 9.17) is 14.5 Å². The number of benzene rings is 1. The molecule has 2 aliphatic rings. The molecule has 168 valence electrons. The van der Waals surface area contributed by atoms with Gasteiger partial charge in [-0.05, 0) is 31.0 Å². The molecule has 1 aromatic carbocycles. The number of amides is 1. The van der Waals surface area contributed by atoms with E-state index in [-0.39, 0.29) is 24.5 Å². The van der Waals surface area contributed by atoms with Gasteiger partial charge in [0, 0.05) is 30.5 Å². The van der Waals surface area contributed by atoms with E-state index in [2.05, 4.69) is 10.2 Å². The van der Waals surface area contributed by atoms with E-state index in [1.165, 1.54) is 0 Å². The number of aliphatic imine (C=N–C) groups is 1. The van der Waals surface area contributed by atoms with Crippen LogP contribution in [0.25, 0.3) is 0 Å². The van der Waals surface area contributed by atoms with Crippen molar-refractivity contribution in [3.8, 4) is 0 Å². The highest BCUT2D eigenvalue weighted by molar-refractivity contribution is 8.13. The molecule has 1 amide bonds. The van der Waals surface area contributed by atoms with Gasteiger partial charge in [0.2, 0.25) is 5.91 Å². The quantitative estimate of drug-likeness (QED) is 0.527. The molecule has 2 aliphatic heterocycles. The summed E-state index contributed by atoms with van der Waals surface area (Å²) in [7, 11) is 1.57. The minimum Gasteiger partial charge on any atom is -0.460 e. The monoisotopic (exact) mass is 445 g/mol. The number of rotatable bonds is 6. The lowest BCUT2D eigenvalue weighted by Crippen LogP contribution is -2.42. The molecular formula is C23H31N3O4S. The number of nitrogens with one attached hydrogen (secondary N) is 1. The third-order valence-electron chi connectivity index (χ3n) is 5.14.